The lowest BCUT2D eigenvalue weighted by Crippen LogP contribution is -2.46. The van der Waals surface area contributed by atoms with Crippen molar-refractivity contribution in [3.63, 3.8) is 0 Å². The third kappa shape index (κ3) is 3.57. The Morgan fingerprint density at radius 3 is 3.04 bits per heavy atom. The van der Waals surface area contributed by atoms with Gasteiger partial charge in [0.25, 0.3) is 0 Å². The molecule has 6 nitrogen and oxygen atoms in total. The third-order valence-corrected chi connectivity index (χ3v) is 5.12. The van der Waals surface area contributed by atoms with Gasteiger partial charge in [0, 0.05) is 24.7 Å². The number of hydrogen-bond acceptors (Lipinski definition) is 5. The minimum absolute atomic E-state index is 0.00327. The Balaban J connectivity index is 1.44. The highest BCUT2D eigenvalue weighted by Crippen LogP contribution is 2.26. The number of ether oxygens (including phenoxy) is 1. The van der Waals surface area contributed by atoms with E-state index in [1.54, 1.807) is 4.90 Å². The standard InChI is InChI=1S/C21H24N2O4/c1-15-12-16-13-18(5-6-20(16)27-15)26-14-17-4-2-3-8-23(17)19-7-9-22(10-11-24)21(19)25/h2-6,8,12-13,17,19,24H,7,9-11,14H2,1H3. The lowest BCUT2D eigenvalue weighted by molar-refractivity contribution is -0.132. The number of aryl methyl sites for hydroxylation is 1. The molecule has 0 saturated carbocycles. The van der Waals surface area contributed by atoms with Crippen LogP contribution in [0.15, 0.2) is 53.1 Å². The van der Waals surface area contributed by atoms with Gasteiger partial charge in [-0.2, -0.15) is 0 Å². The first kappa shape index (κ1) is 17.7. The van der Waals surface area contributed by atoms with Gasteiger partial charge < -0.3 is 24.1 Å². The number of rotatable bonds is 6. The zero-order valence-corrected chi connectivity index (χ0v) is 15.4. The van der Waals surface area contributed by atoms with Crippen LogP contribution in [0.2, 0.25) is 0 Å². The average Bonchev–Trinajstić information content (AvgIpc) is 3.22. The summed E-state index contributed by atoms with van der Waals surface area (Å²) in [6.45, 7) is 3.45. The number of fused-ring (bicyclic) bond motifs is 1. The summed E-state index contributed by atoms with van der Waals surface area (Å²) in [6.07, 6.45) is 8.70. The number of benzene rings is 1. The maximum Gasteiger partial charge on any atom is 0.245 e. The molecule has 142 valence electrons. The Kier molecular flexibility index (Phi) is 4.90. The van der Waals surface area contributed by atoms with Crippen molar-refractivity contribution in [1.29, 1.82) is 0 Å². The Hall–Kier alpha value is -2.73. The van der Waals surface area contributed by atoms with Crippen LogP contribution < -0.4 is 4.74 Å². The summed E-state index contributed by atoms with van der Waals surface area (Å²) in [4.78, 5) is 16.4. The van der Waals surface area contributed by atoms with E-state index in [9.17, 15) is 4.79 Å². The highest BCUT2D eigenvalue weighted by atomic mass is 16.5. The maximum absolute atomic E-state index is 12.6. The zero-order chi connectivity index (χ0) is 18.8. The van der Waals surface area contributed by atoms with Crippen molar-refractivity contribution in [1.82, 2.24) is 9.80 Å². The number of carbonyl (C=O) groups excluding carboxylic acids is 1. The fourth-order valence-electron chi connectivity index (χ4n) is 3.80. The molecule has 3 heterocycles. The predicted octanol–water partition coefficient (Wildman–Crippen LogP) is 2.47. The van der Waals surface area contributed by atoms with Gasteiger partial charge in [0.2, 0.25) is 5.91 Å². The number of carbonyl (C=O) groups is 1. The summed E-state index contributed by atoms with van der Waals surface area (Å²) in [6, 6.07) is 7.57. The van der Waals surface area contributed by atoms with Gasteiger partial charge in [0.15, 0.2) is 0 Å². The third-order valence-electron chi connectivity index (χ3n) is 5.12. The normalized spacial score (nSPS) is 22.2. The van der Waals surface area contributed by atoms with E-state index in [1.165, 1.54) is 0 Å². The van der Waals surface area contributed by atoms with Crippen LogP contribution in [0.3, 0.4) is 0 Å². The van der Waals surface area contributed by atoms with Gasteiger partial charge in [-0.3, -0.25) is 4.79 Å². The van der Waals surface area contributed by atoms with Gasteiger partial charge in [-0.05, 0) is 43.7 Å². The molecule has 1 aromatic heterocycles. The number of aliphatic hydroxyl groups is 1. The molecule has 2 aromatic rings. The molecule has 0 spiro atoms. The SMILES string of the molecule is Cc1cc2cc(OCC3C=CC=CN3C3CCN(CCO)C3=O)ccc2o1. The number of nitrogens with zero attached hydrogens (tertiary/aromatic N) is 2. The van der Waals surface area contributed by atoms with Crippen molar-refractivity contribution >= 4 is 16.9 Å². The first-order valence-corrected chi connectivity index (χ1v) is 9.31. The Morgan fingerprint density at radius 2 is 2.19 bits per heavy atom. The Labute approximate surface area is 158 Å². The molecular formula is C21H24N2O4. The summed E-state index contributed by atoms with van der Waals surface area (Å²) in [7, 11) is 0. The molecule has 2 aliphatic rings. The summed E-state index contributed by atoms with van der Waals surface area (Å²) >= 11 is 0. The largest absolute Gasteiger partial charge is 0.491 e. The maximum atomic E-state index is 12.6. The second-order valence-corrected chi connectivity index (χ2v) is 6.96. The fourth-order valence-corrected chi connectivity index (χ4v) is 3.80. The van der Waals surface area contributed by atoms with Crippen molar-refractivity contribution in [2.24, 2.45) is 0 Å². The molecule has 2 unspecified atom stereocenters. The first-order chi connectivity index (χ1) is 13.2. The molecular weight excluding hydrogens is 344 g/mol. The smallest absolute Gasteiger partial charge is 0.245 e. The minimum atomic E-state index is -0.203. The summed E-state index contributed by atoms with van der Waals surface area (Å²) < 4.78 is 11.6. The summed E-state index contributed by atoms with van der Waals surface area (Å²) in [5, 5.41) is 10.1. The van der Waals surface area contributed by atoms with Crippen molar-refractivity contribution in [2.45, 2.75) is 25.4 Å². The number of likely N-dealkylation sites (tertiary alicyclic amines) is 1. The van der Waals surface area contributed by atoms with E-state index < -0.39 is 0 Å². The molecule has 4 rings (SSSR count). The molecule has 1 saturated heterocycles. The van der Waals surface area contributed by atoms with Gasteiger partial charge in [-0.1, -0.05) is 12.2 Å². The molecule has 27 heavy (non-hydrogen) atoms. The van der Waals surface area contributed by atoms with Gasteiger partial charge in [-0.25, -0.2) is 0 Å². The van der Waals surface area contributed by atoms with Crippen LogP contribution in [0, 0.1) is 6.92 Å². The Morgan fingerprint density at radius 1 is 1.30 bits per heavy atom. The first-order valence-electron chi connectivity index (χ1n) is 9.31. The molecule has 0 bridgehead atoms. The molecule has 2 aliphatic heterocycles. The number of aliphatic hydroxyl groups excluding tert-OH is 1. The van der Waals surface area contributed by atoms with Crippen molar-refractivity contribution in [2.75, 3.05) is 26.3 Å². The van der Waals surface area contributed by atoms with E-state index in [0.717, 1.165) is 28.9 Å². The highest BCUT2D eigenvalue weighted by molar-refractivity contribution is 5.84. The molecule has 1 amide bonds. The van der Waals surface area contributed by atoms with E-state index in [0.29, 0.717) is 19.7 Å². The van der Waals surface area contributed by atoms with Crippen molar-refractivity contribution in [3.8, 4) is 5.75 Å². The number of amides is 1. The zero-order valence-electron chi connectivity index (χ0n) is 15.4. The minimum Gasteiger partial charge on any atom is -0.491 e. The molecule has 0 aliphatic carbocycles. The second-order valence-electron chi connectivity index (χ2n) is 6.96. The summed E-state index contributed by atoms with van der Waals surface area (Å²) in [5.41, 5.74) is 0.850. The second kappa shape index (κ2) is 7.48. The fraction of sp³-hybridized carbons (Fsp3) is 0.381. The topological polar surface area (TPSA) is 66.2 Å². The van der Waals surface area contributed by atoms with E-state index >= 15 is 0 Å². The van der Waals surface area contributed by atoms with E-state index in [2.05, 4.69) is 11.0 Å². The van der Waals surface area contributed by atoms with E-state index in [4.69, 9.17) is 14.3 Å². The number of furan rings is 1. The van der Waals surface area contributed by atoms with Crippen molar-refractivity contribution < 1.29 is 19.1 Å². The quantitative estimate of drug-likeness (QED) is 0.849. The predicted molar refractivity (Wildman–Crippen MR) is 102 cm³/mol. The van der Waals surface area contributed by atoms with Crippen LogP contribution in [0.5, 0.6) is 5.75 Å². The molecule has 1 N–H and O–H groups in total. The van der Waals surface area contributed by atoms with Gasteiger partial charge >= 0.3 is 0 Å². The monoisotopic (exact) mass is 368 g/mol. The lowest BCUT2D eigenvalue weighted by Gasteiger charge is -2.34. The molecule has 6 heteroatoms. The number of allylic oxidation sites excluding steroid dienone is 2. The van der Waals surface area contributed by atoms with E-state index in [1.807, 2.05) is 49.5 Å². The van der Waals surface area contributed by atoms with Crippen LogP contribution in [-0.2, 0) is 4.79 Å². The van der Waals surface area contributed by atoms with Gasteiger partial charge in [-0.15, -0.1) is 0 Å². The number of hydrogen-bond donors (Lipinski definition) is 1. The van der Waals surface area contributed by atoms with Crippen molar-refractivity contribution in [3.05, 3.63) is 54.5 Å². The van der Waals surface area contributed by atoms with Crippen LogP contribution in [-0.4, -0.2) is 59.2 Å². The van der Waals surface area contributed by atoms with Gasteiger partial charge in [0.05, 0.1) is 12.6 Å². The Bertz CT molecular complexity index is 885. The molecule has 0 radical (unpaired) electrons. The molecule has 2 atom stereocenters. The van der Waals surface area contributed by atoms with Crippen LogP contribution in [0.1, 0.15) is 12.2 Å². The van der Waals surface area contributed by atoms with Gasteiger partial charge in [0.1, 0.15) is 29.7 Å². The molecule has 1 aromatic carbocycles. The highest BCUT2D eigenvalue weighted by Gasteiger charge is 2.37. The number of β-amino-alcohol motifs (C(OH)–C–C–N with tert-alkyl or cyclic N) is 1. The van der Waals surface area contributed by atoms with Crippen LogP contribution in [0.25, 0.3) is 11.0 Å². The van der Waals surface area contributed by atoms with E-state index in [-0.39, 0.29) is 24.6 Å². The average molecular weight is 368 g/mol. The summed E-state index contributed by atoms with van der Waals surface area (Å²) in [5.74, 6) is 1.73. The lowest BCUT2D eigenvalue weighted by atomic mass is 10.1. The van der Waals surface area contributed by atoms with Crippen LogP contribution >= 0.6 is 0 Å². The molecule has 1 fully saturated rings. The van der Waals surface area contributed by atoms with Crippen LogP contribution in [0.4, 0.5) is 0 Å².